The van der Waals surface area contributed by atoms with Crippen molar-refractivity contribution >= 4 is 28.5 Å². The van der Waals surface area contributed by atoms with Crippen LogP contribution in [0.1, 0.15) is 59.4 Å². The van der Waals surface area contributed by atoms with Gasteiger partial charge in [0.15, 0.2) is 6.10 Å². The highest BCUT2D eigenvalue weighted by Crippen LogP contribution is 2.29. The third kappa shape index (κ3) is 4.97. The minimum Gasteiger partial charge on any atom is -0.449 e. The Morgan fingerprint density at radius 2 is 1.94 bits per heavy atom. The number of hydrogen-bond donors (Lipinski definition) is 1. The summed E-state index contributed by atoms with van der Waals surface area (Å²) < 4.78 is 5.86. The van der Waals surface area contributed by atoms with Gasteiger partial charge in [-0.2, -0.15) is 0 Å². The van der Waals surface area contributed by atoms with Crippen LogP contribution >= 0.6 is 0 Å². The largest absolute Gasteiger partial charge is 0.449 e. The number of ether oxygens (including phenoxy) is 1. The van der Waals surface area contributed by atoms with Gasteiger partial charge in [-0.3, -0.25) is 14.7 Å². The Balaban J connectivity index is 1.63. The first-order valence-corrected chi connectivity index (χ1v) is 12.1. The minimum atomic E-state index is -0.883. The van der Waals surface area contributed by atoms with Crippen LogP contribution in [0.5, 0.6) is 0 Å². The molecule has 1 N–H and O–H groups in total. The number of amides is 1. The summed E-state index contributed by atoms with van der Waals surface area (Å²) in [5.41, 5.74) is 6.02. The summed E-state index contributed by atoms with van der Waals surface area (Å²) in [4.78, 5) is 33.8. The van der Waals surface area contributed by atoms with E-state index in [0.717, 1.165) is 64.9 Å². The van der Waals surface area contributed by atoms with Gasteiger partial charge in [-0.25, -0.2) is 4.79 Å². The Hall–Kier alpha value is -3.25. The zero-order valence-electron chi connectivity index (χ0n) is 20.5. The first-order valence-electron chi connectivity index (χ1n) is 12.1. The lowest BCUT2D eigenvalue weighted by Crippen LogP contribution is -2.35. The predicted octanol–water partition coefficient (Wildman–Crippen LogP) is 5.19. The zero-order chi connectivity index (χ0) is 24.2. The van der Waals surface area contributed by atoms with Crippen molar-refractivity contribution < 1.29 is 14.3 Å². The number of aromatic nitrogens is 1. The standard InChI is InChI=1S/C28H33N3O3/c1-5-14-31-15-13-24-21(17-31)26(20-9-7-8-10-23(20)29-24)28(33)34-25(6-2)27(32)30-22-12-11-18(3)16-19(22)4/h7-12,16,25H,5-6,13-15,17H2,1-4H3,(H,30,32). The molecule has 2 aromatic carbocycles. The number of nitrogens with zero attached hydrogens (tertiary/aromatic N) is 2. The topological polar surface area (TPSA) is 71.5 Å². The second-order valence-corrected chi connectivity index (χ2v) is 9.07. The van der Waals surface area contributed by atoms with Crippen molar-refractivity contribution in [1.29, 1.82) is 0 Å². The average Bonchev–Trinajstić information content (AvgIpc) is 2.82. The van der Waals surface area contributed by atoms with Crippen LogP contribution in [-0.2, 0) is 22.5 Å². The molecule has 6 heteroatoms. The molecule has 0 radical (unpaired) electrons. The van der Waals surface area contributed by atoms with E-state index in [1.165, 1.54) is 0 Å². The summed E-state index contributed by atoms with van der Waals surface area (Å²) in [5.74, 6) is -0.779. The smallest absolute Gasteiger partial charge is 0.340 e. The Bertz CT molecular complexity index is 1220. The molecule has 1 aromatic heterocycles. The quantitative estimate of drug-likeness (QED) is 0.492. The number of carbonyl (C=O) groups is 2. The van der Waals surface area contributed by atoms with Crippen LogP contribution in [0.4, 0.5) is 5.69 Å². The molecule has 2 heterocycles. The third-order valence-electron chi connectivity index (χ3n) is 6.42. The van der Waals surface area contributed by atoms with Crippen molar-refractivity contribution in [2.24, 2.45) is 0 Å². The molecule has 0 bridgehead atoms. The first kappa shape index (κ1) is 23.9. The number of rotatable bonds is 7. The molecule has 34 heavy (non-hydrogen) atoms. The number of fused-ring (bicyclic) bond motifs is 2. The number of carbonyl (C=O) groups excluding carboxylic acids is 2. The maximum atomic E-state index is 13.6. The number of benzene rings is 2. The number of anilines is 1. The second kappa shape index (κ2) is 10.3. The Morgan fingerprint density at radius 1 is 1.15 bits per heavy atom. The fourth-order valence-electron chi connectivity index (χ4n) is 4.66. The summed E-state index contributed by atoms with van der Waals surface area (Å²) in [6.45, 7) is 10.5. The number of para-hydroxylation sites is 1. The van der Waals surface area contributed by atoms with Gasteiger partial charge in [-0.15, -0.1) is 0 Å². The van der Waals surface area contributed by atoms with E-state index < -0.39 is 12.1 Å². The van der Waals surface area contributed by atoms with Crippen LogP contribution in [0, 0.1) is 13.8 Å². The van der Waals surface area contributed by atoms with E-state index in [1.807, 2.05) is 63.2 Å². The van der Waals surface area contributed by atoms with E-state index >= 15 is 0 Å². The van der Waals surface area contributed by atoms with Crippen molar-refractivity contribution in [2.75, 3.05) is 18.4 Å². The van der Waals surface area contributed by atoms with E-state index in [-0.39, 0.29) is 5.91 Å². The lowest BCUT2D eigenvalue weighted by Gasteiger charge is -2.30. The molecule has 0 fully saturated rings. The van der Waals surface area contributed by atoms with E-state index in [9.17, 15) is 9.59 Å². The highest BCUT2D eigenvalue weighted by atomic mass is 16.5. The lowest BCUT2D eigenvalue weighted by molar-refractivity contribution is -0.124. The minimum absolute atomic E-state index is 0.317. The molecule has 178 valence electrons. The Morgan fingerprint density at radius 3 is 2.68 bits per heavy atom. The summed E-state index contributed by atoms with van der Waals surface area (Å²) >= 11 is 0. The molecule has 0 saturated carbocycles. The van der Waals surface area contributed by atoms with Gasteiger partial charge in [-0.1, -0.05) is 49.7 Å². The van der Waals surface area contributed by atoms with Gasteiger partial charge >= 0.3 is 5.97 Å². The molecule has 3 aromatic rings. The molecule has 0 saturated heterocycles. The maximum Gasteiger partial charge on any atom is 0.340 e. The van der Waals surface area contributed by atoms with Crippen molar-refractivity contribution in [3.05, 3.63) is 70.4 Å². The van der Waals surface area contributed by atoms with Crippen molar-refractivity contribution in [1.82, 2.24) is 9.88 Å². The highest BCUT2D eigenvalue weighted by molar-refractivity contribution is 6.06. The number of esters is 1. The van der Waals surface area contributed by atoms with Crippen LogP contribution in [0.25, 0.3) is 10.9 Å². The molecular formula is C28H33N3O3. The molecule has 4 rings (SSSR count). The number of aryl methyl sites for hydroxylation is 2. The summed E-state index contributed by atoms with van der Waals surface area (Å²) in [7, 11) is 0. The average molecular weight is 460 g/mol. The molecular weight excluding hydrogens is 426 g/mol. The van der Waals surface area contributed by atoms with Crippen LogP contribution in [0.2, 0.25) is 0 Å². The SMILES string of the molecule is CCCN1CCc2nc3ccccc3c(C(=O)OC(CC)C(=O)Nc3ccc(C)cc3C)c2C1. The monoisotopic (exact) mass is 459 g/mol. The van der Waals surface area contributed by atoms with E-state index in [4.69, 9.17) is 9.72 Å². The lowest BCUT2D eigenvalue weighted by atomic mass is 9.95. The van der Waals surface area contributed by atoms with Gasteiger partial charge in [0, 0.05) is 41.8 Å². The van der Waals surface area contributed by atoms with Crippen LogP contribution in [0.15, 0.2) is 42.5 Å². The summed E-state index contributed by atoms with van der Waals surface area (Å²) in [5, 5.41) is 3.70. The van der Waals surface area contributed by atoms with Crippen LogP contribution < -0.4 is 5.32 Å². The molecule has 1 amide bonds. The molecule has 1 aliphatic heterocycles. The van der Waals surface area contributed by atoms with Gasteiger partial charge < -0.3 is 10.1 Å². The van der Waals surface area contributed by atoms with Gasteiger partial charge in [0.25, 0.3) is 5.91 Å². The molecule has 1 aliphatic rings. The Labute approximate surface area is 201 Å². The summed E-state index contributed by atoms with van der Waals surface area (Å²) in [6, 6.07) is 13.5. The first-order chi connectivity index (χ1) is 16.4. The number of hydrogen-bond acceptors (Lipinski definition) is 5. The van der Waals surface area contributed by atoms with Crippen molar-refractivity contribution in [3.63, 3.8) is 0 Å². The number of pyridine rings is 1. The van der Waals surface area contributed by atoms with Crippen molar-refractivity contribution in [3.8, 4) is 0 Å². The Kier molecular flexibility index (Phi) is 7.27. The molecule has 1 atom stereocenters. The summed E-state index contributed by atoms with van der Waals surface area (Å²) in [6.07, 6.45) is 1.35. The van der Waals surface area contributed by atoms with E-state index in [0.29, 0.717) is 18.5 Å². The maximum absolute atomic E-state index is 13.6. The molecule has 6 nitrogen and oxygen atoms in total. The predicted molar refractivity (Wildman–Crippen MR) is 135 cm³/mol. The fraction of sp³-hybridized carbons (Fsp3) is 0.393. The van der Waals surface area contributed by atoms with E-state index in [1.54, 1.807) is 0 Å². The molecule has 1 unspecified atom stereocenters. The molecule has 0 spiro atoms. The van der Waals surface area contributed by atoms with Crippen LogP contribution in [0.3, 0.4) is 0 Å². The highest BCUT2D eigenvalue weighted by Gasteiger charge is 2.29. The van der Waals surface area contributed by atoms with Gasteiger partial charge in [-0.05, 0) is 50.9 Å². The van der Waals surface area contributed by atoms with Crippen molar-refractivity contribution in [2.45, 2.75) is 59.6 Å². The zero-order valence-corrected chi connectivity index (χ0v) is 20.5. The van der Waals surface area contributed by atoms with Gasteiger partial charge in [0.05, 0.1) is 11.1 Å². The van der Waals surface area contributed by atoms with Gasteiger partial charge in [0.2, 0.25) is 0 Å². The van der Waals surface area contributed by atoms with Gasteiger partial charge in [0.1, 0.15) is 0 Å². The normalized spacial score (nSPS) is 14.5. The third-order valence-corrected chi connectivity index (χ3v) is 6.42. The van der Waals surface area contributed by atoms with Crippen LogP contribution in [-0.4, -0.2) is 41.0 Å². The molecule has 0 aliphatic carbocycles. The number of nitrogens with one attached hydrogen (secondary N) is 1. The van der Waals surface area contributed by atoms with E-state index in [2.05, 4.69) is 17.1 Å². The fourth-order valence-corrected chi connectivity index (χ4v) is 4.66. The second-order valence-electron chi connectivity index (χ2n) is 9.07.